The fourth-order valence-electron chi connectivity index (χ4n) is 0.881. The Morgan fingerprint density at radius 2 is 2.25 bits per heavy atom. The predicted octanol–water partition coefficient (Wildman–Crippen LogP) is 1.65. The van der Waals surface area contributed by atoms with Crippen molar-refractivity contribution in [2.24, 2.45) is 0 Å². The maximum absolute atomic E-state index is 10.6. The number of carbonyl (C=O) groups excluding carboxylic acids is 1. The average molecular weight is 165 g/mol. The molecule has 0 spiro atoms. The number of hydrogen-bond acceptors (Lipinski definition) is 3. The van der Waals surface area contributed by atoms with Crippen LogP contribution in [0.2, 0.25) is 0 Å². The van der Waals surface area contributed by atoms with Gasteiger partial charge in [-0.25, -0.2) is 0 Å². The Morgan fingerprint density at radius 1 is 1.50 bits per heavy atom. The Labute approximate surface area is 71.4 Å². The van der Waals surface area contributed by atoms with Crippen molar-refractivity contribution in [3.63, 3.8) is 0 Å². The van der Waals surface area contributed by atoms with Crippen LogP contribution in [0.25, 0.3) is 0 Å². The topological polar surface area (TPSA) is 38.3 Å². The Morgan fingerprint density at radius 3 is 2.83 bits per heavy atom. The van der Waals surface area contributed by atoms with Gasteiger partial charge in [-0.2, -0.15) is 0 Å². The number of benzene rings is 1. The summed E-state index contributed by atoms with van der Waals surface area (Å²) in [6.45, 7) is 1.38. The summed E-state index contributed by atoms with van der Waals surface area (Å²) >= 11 is 0. The molecule has 1 aromatic rings. The minimum Gasteiger partial charge on any atom is -0.427 e. The van der Waals surface area contributed by atoms with E-state index in [1.807, 2.05) is 19.2 Å². The number of esters is 1. The summed E-state index contributed by atoms with van der Waals surface area (Å²) in [4.78, 5) is 10.6. The van der Waals surface area contributed by atoms with Crippen LogP contribution in [0.5, 0.6) is 5.75 Å². The molecule has 0 amide bonds. The van der Waals surface area contributed by atoms with E-state index in [0.29, 0.717) is 5.75 Å². The molecule has 0 aromatic heterocycles. The number of carbonyl (C=O) groups is 1. The molecule has 1 N–H and O–H groups in total. The maximum Gasteiger partial charge on any atom is 0.308 e. The normalized spacial score (nSPS) is 9.17. The largest absolute Gasteiger partial charge is 0.427 e. The Balaban J connectivity index is 2.79. The second-order valence-electron chi connectivity index (χ2n) is 2.37. The number of rotatable bonds is 2. The van der Waals surface area contributed by atoms with Crippen LogP contribution in [-0.4, -0.2) is 13.0 Å². The maximum atomic E-state index is 10.6. The molecule has 0 radical (unpaired) electrons. The van der Waals surface area contributed by atoms with Gasteiger partial charge in [-0.1, -0.05) is 6.07 Å². The minimum absolute atomic E-state index is 0.303. The van der Waals surface area contributed by atoms with E-state index in [1.165, 1.54) is 6.92 Å². The van der Waals surface area contributed by atoms with Crippen molar-refractivity contribution in [3.05, 3.63) is 24.3 Å². The minimum atomic E-state index is -0.303. The van der Waals surface area contributed by atoms with Gasteiger partial charge < -0.3 is 10.1 Å². The van der Waals surface area contributed by atoms with E-state index in [9.17, 15) is 4.79 Å². The van der Waals surface area contributed by atoms with Gasteiger partial charge in [-0.3, -0.25) is 4.79 Å². The van der Waals surface area contributed by atoms with Crippen molar-refractivity contribution < 1.29 is 9.53 Å². The fraction of sp³-hybridized carbons (Fsp3) is 0.222. The SMILES string of the molecule is CNc1cccc(OC(C)=O)c1. The van der Waals surface area contributed by atoms with Crippen molar-refractivity contribution in [2.45, 2.75) is 6.92 Å². The average Bonchev–Trinajstić information content (AvgIpc) is 2.03. The smallest absolute Gasteiger partial charge is 0.308 e. The van der Waals surface area contributed by atoms with Crippen molar-refractivity contribution in [1.29, 1.82) is 0 Å². The first-order valence-electron chi connectivity index (χ1n) is 3.68. The first kappa shape index (κ1) is 8.59. The number of anilines is 1. The molecule has 3 nitrogen and oxygen atoms in total. The third-order valence-electron chi connectivity index (χ3n) is 1.38. The van der Waals surface area contributed by atoms with Crippen LogP contribution < -0.4 is 10.1 Å². The van der Waals surface area contributed by atoms with Gasteiger partial charge in [0.15, 0.2) is 0 Å². The molecule has 1 rings (SSSR count). The van der Waals surface area contributed by atoms with Crippen LogP contribution in [0.1, 0.15) is 6.92 Å². The van der Waals surface area contributed by atoms with Crippen LogP contribution in [0.3, 0.4) is 0 Å². The molecule has 0 aliphatic rings. The fourth-order valence-corrected chi connectivity index (χ4v) is 0.881. The van der Waals surface area contributed by atoms with Gasteiger partial charge in [0.2, 0.25) is 0 Å². The zero-order chi connectivity index (χ0) is 8.97. The molecule has 0 aliphatic carbocycles. The second kappa shape index (κ2) is 3.76. The summed E-state index contributed by atoms with van der Waals surface area (Å²) in [7, 11) is 1.81. The highest BCUT2D eigenvalue weighted by atomic mass is 16.5. The third kappa shape index (κ3) is 2.27. The molecule has 0 saturated heterocycles. The van der Waals surface area contributed by atoms with Crippen molar-refractivity contribution >= 4 is 11.7 Å². The van der Waals surface area contributed by atoms with E-state index in [2.05, 4.69) is 5.32 Å². The molecule has 0 atom stereocenters. The Bertz CT molecular complexity index is 284. The van der Waals surface area contributed by atoms with Crippen LogP contribution >= 0.6 is 0 Å². The molecule has 0 fully saturated rings. The Kier molecular flexibility index (Phi) is 2.69. The first-order chi connectivity index (χ1) is 5.72. The van der Waals surface area contributed by atoms with Crippen LogP contribution in [0.15, 0.2) is 24.3 Å². The molecule has 0 aliphatic heterocycles. The molecule has 3 heteroatoms. The Hall–Kier alpha value is -1.51. The van der Waals surface area contributed by atoms with Gasteiger partial charge >= 0.3 is 5.97 Å². The van der Waals surface area contributed by atoms with Gasteiger partial charge in [0.1, 0.15) is 5.75 Å². The van der Waals surface area contributed by atoms with E-state index in [4.69, 9.17) is 4.74 Å². The third-order valence-corrected chi connectivity index (χ3v) is 1.38. The van der Waals surface area contributed by atoms with Gasteiger partial charge in [-0.15, -0.1) is 0 Å². The van der Waals surface area contributed by atoms with E-state index < -0.39 is 0 Å². The molecule has 0 bridgehead atoms. The molecule has 0 unspecified atom stereocenters. The number of ether oxygens (including phenoxy) is 1. The van der Waals surface area contributed by atoms with E-state index in [-0.39, 0.29) is 5.97 Å². The van der Waals surface area contributed by atoms with Crippen LogP contribution in [-0.2, 0) is 4.79 Å². The van der Waals surface area contributed by atoms with Gasteiger partial charge in [0, 0.05) is 25.7 Å². The highest BCUT2D eigenvalue weighted by Crippen LogP contribution is 2.16. The summed E-state index contributed by atoms with van der Waals surface area (Å²) in [6.07, 6.45) is 0. The molecular formula is C9H11NO2. The summed E-state index contributed by atoms with van der Waals surface area (Å²) in [5.74, 6) is 0.262. The summed E-state index contributed by atoms with van der Waals surface area (Å²) in [6, 6.07) is 7.22. The summed E-state index contributed by atoms with van der Waals surface area (Å²) < 4.78 is 4.88. The summed E-state index contributed by atoms with van der Waals surface area (Å²) in [5.41, 5.74) is 0.925. The number of nitrogens with one attached hydrogen (secondary N) is 1. The predicted molar refractivity (Wildman–Crippen MR) is 47.3 cm³/mol. The monoisotopic (exact) mass is 165 g/mol. The van der Waals surface area contributed by atoms with E-state index >= 15 is 0 Å². The van der Waals surface area contributed by atoms with Crippen LogP contribution in [0.4, 0.5) is 5.69 Å². The number of hydrogen-bond donors (Lipinski definition) is 1. The molecule has 1 aromatic carbocycles. The van der Waals surface area contributed by atoms with Crippen LogP contribution in [0, 0.1) is 0 Å². The molecule has 0 saturated carbocycles. The van der Waals surface area contributed by atoms with E-state index in [1.54, 1.807) is 12.1 Å². The van der Waals surface area contributed by atoms with Crippen molar-refractivity contribution in [2.75, 3.05) is 12.4 Å². The molecule has 0 heterocycles. The molecular weight excluding hydrogens is 154 g/mol. The lowest BCUT2D eigenvalue weighted by Gasteiger charge is -2.03. The second-order valence-corrected chi connectivity index (χ2v) is 2.37. The molecule has 64 valence electrons. The summed E-state index contributed by atoms with van der Waals surface area (Å²) in [5, 5.41) is 2.95. The molecule has 12 heavy (non-hydrogen) atoms. The van der Waals surface area contributed by atoms with Crippen molar-refractivity contribution in [1.82, 2.24) is 0 Å². The van der Waals surface area contributed by atoms with Crippen molar-refractivity contribution in [3.8, 4) is 5.75 Å². The van der Waals surface area contributed by atoms with Gasteiger partial charge in [0.25, 0.3) is 0 Å². The lowest BCUT2D eigenvalue weighted by Crippen LogP contribution is -2.01. The van der Waals surface area contributed by atoms with Gasteiger partial charge in [-0.05, 0) is 12.1 Å². The highest BCUT2D eigenvalue weighted by Gasteiger charge is 1.97. The zero-order valence-electron chi connectivity index (χ0n) is 7.13. The van der Waals surface area contributed by atoms with E-state index in [0.717, 1.165) is 5.69 Å². The lowest BCUT2D eigenvalue weighted by molar-refractivity contribution is -0.131. The standard InChI is InChI=1S/C9H11NO2/c1-7(11)12-9-5-3-4-8(6-9)10-2/h3-6,10H,1-2H3. The van der Waals surface area contributed by atoms with Gasteiger partial charge in [0.05, 0.1) is 0 Å². The quantitative estimate of drug-likeness (QED) is 0.535. The first-order valence-corrected chi connectivity index (χ1v) is 3.68. The highest BCUT2D eigenvalue weighted by molar-refractivity contribution is 5.69. The lowest BCUT2D eigenvalue weighted by atomic mass is 10.3. The zero-order valence-corrected chi connectivity index (χ0v) is 7.13.